The van der Waals surface area contributed by atoms with Crippen LogP contribution in [0.15, 0.2) is 18.2 Å². The number of hydrogen-bond donors (Lipinski definition) is 1. The van der Waals surface area contributed by atoms with E-state index >= 15 is 0 Å². The first kappa shape index (κ1) is 20.5. The number of carboxylic acids is 1. The molecule has 1 atom stereocenters. The number of aliphatic carboxylic acids is 1. The van der Waals surface area contributed by atoms with Crippen LogP contribution in [-0.2, 0) is 19.7 Å². The molecule has 154 valence electrons. The predicted molar refractivity (Wildman–Crippen MR) is 103 cm³/mol. The molecule has 2 aliphatic rings. The Labute approximate surface area is 165 Å². The number of ether oxygens (including phenoxy) is 3. The predicted octanol–water partition coefficient (Wildman–Crippen LogP) is 2.47. The Kier molecular flexibility index (Phi) is 5.84. The molecule has 0 aromatic heterocycles. The highest BCUT2D eigenvalue weighted by atomic mass is 16.5. The van der Waals surface area contributed by atoms with E-state index in [9.17, 15) is 14.7 Å². The van der Waals surface area contributed by atoms with Crippen molar-refractivity contribution in [3.63, 3.8) is 0 Å². The highest BCUT2D eigenvalue weighted by Gasteiger charge is 2.52. The van der Waals surface area contributed by atoms with Crippen molar-refractivity contribution in [3.8, 4) is 11.5 Å². The maximum absolute atomic E-state index is 13.7. The van der Waals surface area contributed by atoms with Crippen LogP contribution in [0.4, 0.5) is 0 Å². The van der Waals surface area contributed by atoms with Gasteiger partial charge in [0.1, 0.15) is 5.41 Å². The van der Waals surface area contributed by atoms with Gasteiger partial charge in [0.05, 0.1) is 26.2 Å². The topological polar surface area (TPSA) is 85.3 Å². The Morgan fingerprint density at radius 1 is 1.07 bits per heavy atom. The molecule has 7 heteroatoms. The van der Waals surface area contributed by atoms with Crippen molar-refractivity contribution < 1.29 is 28.9 Å². The van der Waals surface area contributed by atoms with Crippen molar-refractivity contribution in [2.75, 3.05) is 41.0 Å². The molecule has 7 nitrogen and oxygen atoms in total. The lowest BCUT2D eigenvalue weighted by atomic mass is 9.77. The number of carbonyl (C=O) groups excluding carboxylic acids is 1. The molecule has 28 heavy (non-hydrogen) atoms. The van der Waals surface area contributed by atoms with Crippen LogP contribution in [-0.4, -0.2) is 62.9 Å². The highest BCUT2D eigenvalue weighted by molar-refractivity contribution is 5.90. The van der Waals surface area contributed by atoms with E-state index < -0.39 is 16.8 Å². The molecule has 0 spiro atoms. The molecule has 1 unspecified atom stereocenters. The second-order valence-corrected chi connectivity index (χ2v) is 7.85. The van der Waals surface area contributed by atoms with E-state index in [-0.39, 0.29) is 19.1 Å². The number of methoxy groups -OCH3 is 3. The maximum atomic E-state index is 13.7. The first-order valence-corrected chi connectivity index (χ1v) is 9.67. The average Bonchev–Trinajstić information content (AvgIpc) is 3.36. The van der Waals surface area contributed by atoms with E-state index in [1.807, 2.05) is 18.2 Å². The molecule has 1 aliphatic carbocycles. The molecule has 1 aromatic rings. The smallest absolute Gasteiger partial charge is 0.313 e. The Bertz CT molecular complexity index is 742. The van der Waals surface area contributed by atoms with Crippen LogP contribution in [0.5, 0.6) is 11.5 Å². The molecular weight excluding hydrogens is 362 g/mol. The summed E-state index contributed by atoms with van der Waals surface area (Å²) in [6.45, 7) is 0.725. The first-order chi connectivity index (χ1) is 13.4. The molecule has 1 saturated carbocycles. The number of benzene rings is 1. The summed E-state index contributed by atoms with van der Waals surface area (Å²) >= 11 is 0. The van der Waals surface area contributed by atoms with Crippen molar-refractivity contribution in [2.24, 2.45) is 5.41 Å². The number of amides is 1. The van der Waals surface area contributed by atoms with Crippen LogP contribution in [0.25, 0.3) is 0 Å². The zero-order valence-corrected chi connectivity index (χ0v) is 16.8. The van der Waals surface area contributed by atoms with E-state index in [0.717, 1.165) is 31.2 Å². The summed E-state index contributed by atoms with van der Waals surface area (Å²) in [6.07, 6.45) is 3.85. The van der Waals surface area contributed by atoms with Gasteiger partial charge in [0.2, 0.25) is 5.91 Å². The van der Waals surface area contributed by atoms with Crippen LogP contribution in [0.2, 0.25) is 0 Å². The van der Waals surface area contributed by atoms with Crippen molar-refractivity contribution in [1.82, 2.24) is 4.90 Å². The SMILES string of the molecule is COCC1(C(=O)O)CCN(C(=O)C2(c3ccc(OC)c(OC)c3)CCCC2)C1. The normalized spacial score (nSPS) is 23.6. The zero-order valence-electron chi connectivity index (χ0n) is 16.8. The third-order valence-corrected chi connectivity index (χ3v) is 6.32. The second-order valence-electron chi connectivity index (χ2n) is 7.85. The van der Waals surface area contributed by atoms with Gasteiger partial charge in [0, 0.05) is 20.2 Å². The van der Waals surface area contributed by atoms with Gasteiger partial charge in [0.15, 0.2) is 11.5 Å². The molecular formula is C21H29NO6. The van der Waals surface area contributed by atoms with E-state index in [1.54, 1.807) is 19.1 Å². The summed E-state index contributed by atoms with van der Waals surface area (Å²) in [7, 11) is 4.66. The monoisotopic (exact) mass is 391 g/mol. The fourth-order valence-electron chi connectivity index (χ4n) is 4.72. The molecule has 2 fully saturated rings. The highest BCUT2D eigenvalue weighted by Crippen LogP contribution is 2.46. The largest absolute Gasteiger partial charge is 0.493 e. The number of hydrogen-bond acceptors (Lipinski definition) is 5. The minimum absolute atomic E-state index is 0.0106. The van der Waals surface area contributed by atoms with Crippen LogP contribution >= 0.6 is 0 Å². The molecule has 1 heterocycles. The summed E-state index contributed by atoms with van der Waals surface area (Å²) < 4.78 is 15.9. The van der Waals surface area contributed by atoms with Gasteiger partial charge in [-0.25, -0.2) is 0 Å². The van der Waals surface area contributed by atoms with Gasteiger partial charge in [-0.1, -0.05) is 18.9 Å². The van der Waals surface area contributed by atoms with Gasteiger partial charge in [-0.2, -0.15) is 0 Å². The number of carbonyl (C=O) groups is 2. The molecule has 3 rings (SSSR count). The minimum Gasteiger partial charge on any atom is -0.493 e. The third kappa shape index (κ3) is 3.32. The molecule has 1 saturated heterocycles. The fourth-order valence-corrected chi connectivity index (χ4v) is 4.72. The summed E-state index contributed by atoms with van der Waals surface area (Å²) in [5.41, 5.74) is -0.754. The summed E-state index contributed by atoms with van der Waals surface area (Å²) in [5, 5.41) is 9.72. The Balaban J connectivity index is 1.92. The van der Waals surface area contributed by atoms with Crippen molar-refractivity contribution in [2.45, 2.75) is 37.5 Å². The van der Waals surface area contributed by atoms with Gasteiger partial charge in [0.25, 0.3) is 0 Å². The molecule has 0 bridgehead atoms. The Hall–Kier alpha value is -2.28. The summed E-state index contributed by atoms with van der Waals surface area (Å²) in [6, 6.07) is 5.65. The van der Waals surface area contributed by atoms with Gasteiger partial charge in [-0.3, -0.25) is 9.59 Å². The minimum atomic E-state index is -1.03. The van der Waals surface area contributed by atoms with Gasteiger partial charge in [-0.15, -0.1) is 0 Å². The summed E-state index contributed by atoms with van der Waals surface area (Å²) in [5.74, 6) is 0.324. The van der Waals surface area contributed by atoms with Gasteiger partial charge in [-0.05, 0) is 37.0 Å². The maximum Gasteiger partial charge on any atom is 0.313 e. The lowest BCUT2D eigenvalue weighted by Gasteiger charge is -2.34. The molecule has 1 aromatic carbocycles. The lowest BCUT2D eigenvalue weighted by molar-refractivity contribution is -0.152. The van der Waals surface area contributed by atoms with Gasteiger partial charge >= 0.3 is 5.97 Å². The van der Waals surface area contributed by atoms with E-state index in [2.05, 4.69) is 0 Å². The van der Waals surface area contributed by atoms with Crippen LogP contribution in [0.1, 0.15) is 37.7 Å². The molecule has 0 radical (unpaired) electrons. The number of nitrogens with zero attached hydrogens (tertiary/aromatic N) is 1. The first-order valence-electron chi connectivity index (χ1n) is 9.67. The number of carboxylic acid groups (broad SMARTS) is 1. The number of likely N-dealkylation sites (tertiary alicyclic amines) is 1. The van der Waals surface area contributed by atoms with E-state index in [0.29, 0.717) is 24.5 Å². The van der Waals surface area contributed by atoms with E-state index in [1.165, 1.54) is 7.11 Å². The molecule has 1 amide bonds. The van der Waals surface area contributed by atoms with Crippen LogP contribution in [0.3, 0.4) is 0 Å². The standard InChI is InChI=1S/C21H29NO6/c1-26-14-20(19(24)25)10-11-22(13-20)18(23)21(8-4-5-9-21)15-6-7-16(27-2)17(12-15)28-3/h6-7,12H,4-5,8-11,13-14H2,1-3H3,(H,24,25). The zero-order chi connectivity index (χ0) is 20.4. The van der Waals surface area contributed by atoms with Crippen LogP contribution in [0, 0.1) is 5.41 Å². The van der Waals surface area contributed by atoms with Crippen LogP contribution < -0.4 is 9.47 Å². The fraction of sp³-hybridized carbons (Fsp3) is 0.619. The second kappa shape index (κ2) is 7.99. The Morgan fingerprint density at radius 2 is 1.75 bits per heavy atom. The number of rotatable bonds is 7. The van der Waals surface area contributed by atoms with Gasteiger partial charge < -0.3 is 24.2 Å². The Morgan fingerprint density at radius 3 is 2.32 bits per heavy atom. The van der Waals surface area contributed by atoms with Crippen molar-refractivity contribution >= 4 is 11.9 Å². The van der Waals surface area contributed by atoms with E-state index in [4.69, 9.17) is 14.2 Å². The van der Waals surface area contributed by atoms with Crippen molar-refractivity contribution in [1.29, 1.82) is 0 Å². The summed E-state index contributed by atoms with van der Waals surface area (Å²) in [4.78, 5) is 27.2. The average molecular weight is 391 g/mol. The molecule has 1 aliphatic heterocycles. The van der Waals surface area contributed by atoms with Crippen molar-refractivity contribution in [3.05, 3.63) is 23.8 Å². The quantitative estimate of drug-likeness (QED) is 0.769. The third-order valence-electron chi connectivity index (χ3n) is 6.32. The molecule has 1 N–H and O–H groups in total. The lowest BCUT2D eigenvalue weighted by Crippen LogP contribution is -2.47.